The molecular weight excluding hydrogens is 220 g/mol. The number of benzene rings is 2. The van der Waals surface area contributed by atoms with Gasteiger partial charge in [-0.3, -0.25) is 0 Å². The summed E-state index contributed by atoms with van der Waals surface area (Å²) in [5.74, 6) is 0. The minimum absolute atomic E-state index is 0.812. The zero-order valence-electron chi connectivity index (χ0n) is 10.8. The maximum absolute atomic E-state index is 6.08. The molecule has 0 aromatic heterocycles. The molecule has 2 aromatic carbocycles. The summed E-state index contributed by atoms with van der Waals surface area (Å²) in [5, 5.41) is 3.42. The lowest BCUT2D eigenvalue weighted by molar-refractivity contribution is 0.796. The van der Waals surface area contributed by atoms with Crippen LogP contribution in [0.5, 0.6) is 0 Å². The number of nitrogens with one attached hydrogen (secondary N) is 1. The average Bonchev–Trinajstić information content (AvgIpc) is 2.41. The highest BCUT2D eigenvalue weighted by molar-refractivity contribution is 5.75. The van der Waals surface area contributed by atoms with Crippen molar-refractivity contribution in [1.82, 2.24) is 0 Å². The molecule has 0 aliphatic heterocycles. The topological polar surface area (TPSA) is 38.0 Å². The smallest absolute Gasteiger partial charge is 0.0650 e. The van der Waals surface area contributed by atoms with Crippen LogP contribution in [0.2, 0.25) is 0 Å². The molecule has 0 spiro atoms. The average molecular weight is 240 g/mol. The van der Waals surface area contributed by atoms with E-state index in [0.29, 0.717) is 0 Å². The van der Waals surface area contributed by atoms with Gasteiger partial charge in [0.25, 0.3) is 0 Å². The Morgan fingerprint density at radius 1 is 1.00 bits per heavy atom. The van der Waals surface area contributed by atoms with Gasteiger partial charge in [0.2, 0.25) is 0 Å². The van der Waals surface area contributed by atoms with Crippen molar-refractivity contribution in [2.75, 3.05) is 11.1 Å². The number of hydrogen-bond donors (Lipinski definition) is 2. The van der Waals surface area contributed by atoms with Crippen molar-refractivity contribution in [2.24, 2.45) is 0 Å². The summed E-state index contributed by atoms with van der Waals surface area (Å²) < 4.78 is 0. The second kappa shape index (κ2) is 6.10. The van der Waals surface area contributed by atoms with Crippen LogP contribution in [0.1, 0.15) is 25.3 Å². The predicted molar refractivity (Wildman–Crippen MR) is 79.2 cm³/mol. The standard InChI is InChI=1S/C16H20N2/c1-2-3-8-13-9-7-12-15(17)16(13)18-14-10-5-4-6-11-14/h4-7,9-12,18H,2-3,8,17H2,1H3. The minimum atomic E-state index is 0.812. The van der Waals surface area contributed by atoms with E-state index in [9.17, 15) is 0 Å². The van der Waals surface area contributed by atoms with Crippen LogP contribution in [-0.4, -0.2) is 0 Å². The van der Waals surface area contributed by atoms with Crippen LogP contribution in [0.15, 0.2) is 48.5 Å². The van der Waals surface area contributed by atoms with Crippen molar-refractivity contribution in [3.63, 3.8) is 0 Å². The Hall–Kier alpha value is -1.96. The first-order chi connectivity index (χ1) is 8.81. The highest BCUT2D eigenvalue weighted by Crippen LogP contribution is 2.28. The van der Waals surface area contributed by atoms with E-state index in [0.717, 1.165) is 23.5 Å². The maximum atomic E-state index is 6.08. The van der Waals surface area contributed by atoms with Gasteiger partial charge in [-0.15, -0.1) is 0 Å². The fourth-order valence-electron chi connectivity index (χ4n) is 2.01. The normalized spacial score (nSPS) is 10.3. The van der Waals surface area contributed by atoms with Gasteiger partial charge in [0.15, 0.2) is 0 Å². The van der Waals surface area contributed by atoms with Gasteiger partial charge in [-0.2, -0.15) is 0 Å². The first-order valence-corrected chi connectivity index (χ1v) is 6.50. The Morgan fingerprint density at radius 2 is 1.78 bits per heavy atom. The van der Waals surface area contributed by atoms with E-state index in [1.54, 1.807) is 0 Å². The molecule has 0 atom stereocenters. The van der Waals surface area contributed by atoms with Gasteiger partial charge in [0, 0.05) is 5.69 Å². The minimum Gasteiger partial charge on any atom is -0.397 e. The lowest BCUT2D eigenvalue weighted by Crippen LogP contribution is -2.01. The molecule has 0 aliphatic carbocycles. The summed E-state index contributed by atoms with van der Waals surface area (Å²) >= 11 is 0. The van der Waals surface area contributed by atoms with E-state index in [4.69, 9.17) is 5.73 Å². The number of para-hydroxylation sites is 2. The fraction of sp³-hybridized carbons (Fsp3) is 0.250. The predicted octanol–water partition coefficient (Wildman–Crippen LogP) is 4.36. The van der Waals surface area contributed by atoms with Crippen molar-refractivity contribution in [3.05, 3.63) is 54.1 Å². The number of unbranched alkanes of at least 4 members (excludes halogenated alkanes) is 1. The molecule has 0 saturated carbocycles. The molecule has 94 valence electrons. The van der Waals surface area contributed by atoms with Gasteiger partial charge in [0.1, 0.15) is 0 Å². The van der Waals surface area contributed by atoms with Crippen LogP contribution < -0.4 is 11.1 Å². The Kier molecular flexibility index (Phi) is 4.24. The molecule has 2 nitrogen and oxygen atoms in total. The quantitative estimate of drug-likeness (QED) is 0.762. The van der Waals surface area contributed by atoms with Crippen LogP contribution in [0.4, 0.5) is 17.1 Å². The third-order valence-electron chi connectivity index (χ3n) is 3.03. The Morgan fingerprint density at radius 3 is 2.50 bits per heavy atom. The van der Waals surface area contributed by atoms with E-state index >= 15 is 0 Å². The summed E-state index contributed by atoms with van der Waals surface area (Å²) in [5.41, 5.74) is 10.3. The van der Waals surface area contributed by atoms with E-state index in [1.165, 1.54) is 18.4 Å². The van der Waals surface area contributed by atoms with Crippen LogP contribution in [0.3, 0.4) is 0 Å². The summed E-state index contributed by atoms with van der Waals surface area (Å²) in [6.07, 6.45) is 3.45. The zero-order chi connectivity index (χ0) is 12.8. The maximum Gasteiger partial charge on any atom is 0.0650 e. The zero-order valence-corrected chi connectivity index (χ0v) is 10.8. The van der Waals surface area contributed by atoms with Crippen LogP contribution in [0, 0.1) is 0 Å². The van der Waals surface area contributed by atoms with Crippen LogP contribution in [-0.2, 0) is 6.42 Å². The molecule has 0 fully saturated rings. The van der Waals surface area contributed by atoms with Crippen LogP contribution in [0.25, 0.3) is 0 Å². The second-order valence-electron chi connectivity index (χ2n) is 4.48. The lowest BCUT2D eigenvalue weighted by Gasteiger charge is -2.14. The summed E-state index contributed by atoms with van der Waals surface area (Å²) in [6, 6.07) is 16.3. The molecular formula is C16H20N2. The van der Waals surface area contributed by atoms with E-state index in [1.807, 2.05) is 30.3 Å². The number of nitrogens with two attached hydrogens (primary N) is 1. The molecule has 0 saturated heterocycles. The van der Waals surface area contributed by atoms with E-state index in [-0.39, 0.29) is 0 Å². The Balaban J connectivity index is 2.25. The summed E-state index contributed by atoms with van der Waals surface area (Å²) in [7, 11) is 0. The first-order valence-electron chi connectivity index (χ1n) is 6.50. The molecule has 2 rings (SSSR count). The van der Waals surface area contributed by atoms with Gasteiger partial charge in [-0.25, -0.2) is 0 Å². The van der Waals surface area contributed by atoms with Gasteiger partial charge in [-0.05, 0) is 36.6 Å². The second-order valence-corrected chi connectivity index (χ2v) is 4.48. The largest absolute Gasteiger partial charge is 0.397 e. The number of nitrogen functional groups attached to an aromatic ring is 1. The lowest BCUT2D eigenvalue weighted by atomic mass is 10.0. The summed E-state index contributed by atoms with van der Waals surface area (Å²) in [6.45, 7) is 2.20. The molecule has 0 aliphatic rings. The molecule has 2 heteroatoms. The monoisotopic (exact) mass is 240 g/mol. The van der Waals surface area contributed by atoms with Crippen molar-refractivity contribution in [2.45, 2.75) is 26.2 Å². The van der Waals surface area contributed by atoms with Crippen molar-refractivity contribution in [1.29, 1.82) is 0 Å². The van der Waals surface area contributed by atoms with Gasteiger partial charge >= 0.3 is 0 Å². The SMILES string of the molecule is CCCCc1cccc(N)c1Nc1ccccc1. The first kappa shape index (κ1) is 12.5. The van der Waals surface area contributed by atoms with Gasteiger partial charge < -0.3 is 11.1 Å². The van der Waals surface area contributed by atoms with Crippen molar-refractivity contribution >= 4 is 17.1 Å². The number of rotatable bonds is 5. The third-order valence-corrected chi connectivity index (χ3v) is 3.03. The molecule has 0 amide bonds. The molecule has 2 aromatic rings. The fourth-order valence-corrected chi connectivity index (χ4v) is 2.01. The van der Waals surface area contributed by atoms with Crippen LogP contribution >= 0.6 is 0 Å². The molecule has 0 bridgehead atoms. The number of hydrogen-bond acceptors (Lipinski definition) is 2. The van der Waals surface area contributed by atoms with Crippen molar-refractivity contribution in [3.8, 4) is 0 Å². The summed E-state index contributed by atoms with van der Waals surface area (Å²) in [4.78, 5) is 0. The third kappa shape index (κ3) is 3.04. The molecule has 0 radical (unpaired) electrons. The highest BCUT2D eigenvalue weighted by atomic mass is 14.9. The van der Waals surface area contributed by atoms with Crippen molar-refractivity contribution < 1.29 is 0 Å². The number of aryl methyl sites for hydroxylation is 1. The Labute approximate surface area is 109 Å². The van der Waals surface area contributed by atoms with E-state index < -0.39 is 0 Å². The Bertz CT molecular complexity index is 492. The number of anilines is 3. The molecule has 18 heavy (non-hydrogen) atoms. The highest BCUT2D eigenvalue weighted by Gasteiger charge is 2.05. The van der Waals surface area contributed by atoms with Gasteiger partial charge in [0.05, 0.1) is 11.4 Å². The molecule has 3 N–H and O–H groups in total. The van der Waals surface area contributed by atoms with E-state index in [2.05, 4.69) is 30.4 Å². The molecule has 0 unspecified atom stereocenters. The van der Waals surface area contributed by atoms with Gasteiger partial charge in [-0.1, -0.05) is 43.7 Å². The molecule has 0 heterocycles.